The Labute approximate surface area is 148 Å². The highest BCUT2D eigenvalue weighted by Gasteiger charge is 2.20. The summed E-state index contributed by atoms with van der Waals surface area (Å²) < 4.78 is 33.4. The summed E-state index contributed by atoms with van der Waals surface area (Å²) >= 11 is 0. The summed E-state index contributed by atoms with van der Waals surface area (Å²) in [7, 11) is -3.73. The Kier molecular flexibility index (Phi) is 5.53. The van der Waals surface area contributed by atoms with Crippen molar-refractivity contribution in [2.75, 3.05) is 11.3 Å². The molecule has 1 N–H and O–H groups in total. The van der Waals surface area contributed by atoms with Gasteiger partial charge in [0.15, 0.2) is 0 Å². The van der Waals surface area contributed by atoms with Gasteiger partial charge in [-0.3, -0.25) is 4.72 Å². The minimum Gasteiger partial charge on any atom is -0.475 e. The van der Waals surface area contributed by atoms with Crippen LogP contribution in [0.5, 0.6) is 5.88 Å². The summed E-state index contributed by atoms with van der Waals surface area (Å²) in [5.74, 6) is 0.858. The molecule has 0 aliphatic heterocycles. The average molecular weight is 361 g/mol. The number of anilines is 1. The first kappa shape index (κ1) is 17.7. The minimum atomic E-state index is -3.73. The van der Waals surface area contributed by atoms with Crippen LogP contribution in [0.4, 0.5) is 5.82 Å². The van der Waals surface area contributed by atoms with Crippen LogP contribution in [0.15, 0.2) is 41.6 Å². The van der Waals surface area contributed by atoms with E-state index in [0.29, 0.717) is 12.5 Å². The van der Waals surface area contributed by atoms with Gasteiger partial charge in [0.2, 0.25) is 5.82 Å². The van der Waals surface area contributed by atoms with Gasteiger partial charge in [0.05, 0.1) is 11.5 Å². The molecule has 2 aromatic rings. The molecule has 1 fully saturated rings. The molecule has 1 aromatic heterocycles. The van der Waals surface area contributed by atoms with Gasteiger partial charge in [-0.2, -0.15) is 0 Å². The lowest BCUT2D eigenvalue weighted by atomic mass is 10.1. The highest BCUT2D eigenvalue weighted by molar-refractivity contribution is 7.92. The molecule has 1 heterocycles. The quantitative estimate of drug-likeness (QED) is 0.817. The number of nitrogens with zero attached hydrogens (tertiary/aromatic N) is 2. The highest BCUT2D eigenvalue weighted by Crippen LogP contribution is 2.27. The van der Waals surface area contributed by atoms with E-state index in [1.807, 2.05) is 19.1 Å². The summed E-state index contributed by atoms with van der Waals surface area (Å²) in [5.41, 5.74) is 1.08. The van der Waals surface area contributed by atoms with Gasteiger partial charge >= 0.3 is 0 Å². The fourth-order valence-corrected chi connectivity index (χ4v) is 3.97. The van der Waals surface area contributed by atoms with E-state index >= 15 is 0 Å². The fourth-order valence-electron chi connectivity index (χ4n) is 2.97. The fraction of sp³-hybridized carbons (Fsp3) is 0.444. The molecular weight excluding hydrogens is 338 g/mol. The van der Waals surface area contributed by atoms with Crippen LogP contribution in [0.1, 0.15) is 38.2 Å². The molecule has 1 saturated carbocycles. The van der Waals surface area contributed by atoms with E-state index in [2.05, 4.69) is 14.7 Å². The van der Waals surface area contributed by atoms with E-state index < -0.39 is 10.0 Å². The zero-order chi connectivity index (χ0) is 17.7. The van der Waals surface area contributed by atoms with Crippen molar-refractivity contribution in [2.45, 2.75) is 43.9 Å². The Morgan fingerprint density at radius 1 is 1.12 bits per heavy atom. The van der Waals surface area contributed by atoms with Gasteiger partial charge in [-0.05, 0) is 42.9 Å². The number of sulfonamides is 1. The normalized spacial score (nSPS) is 15.2. The molecule has 0 spiro atoms. The summed E-state index contributed by atoms with van der Waals surface area (Å²) in [6.45, 7) is 2.56. The van der Waals surface area contributed by atoms with Crippen molar-refractivity contribution in [3.63, 3.8) is 0 Å². The maximum absolute atomic E-state index is 12.6. The second-order valence-corrected chi connectivity index (χ2v) is 7.96. The molecule has 1 aliphatic rings. The molecule has 0 unspecified atom stereocenters. The molecule has 7 heteroatoms. The van der Waals surface area contributed by atoms with Crippen LogP contribution in [-0.2, 0) is 16.4 Å². The first-order chi connectivity index (χ1) is 12.1. The van der Waals surface area contributed by atoms with Crippen molar-refractivity contribution in [2.24, 2.45) is 5.92 Å². The van der Waals surface area contributed by atoms with E-state index in [1.165, 1.54) is 25.2 Å². The van der Waals surface area contributed by atoms with Crippen LogP contribution in [-0.4, -0.2) is 25.0 Å². The van der Waals surface area contributed by atoms with Crippen LogP contribution in [0.2, 0.25) is 0 Å². The van der Waals surface area contributed by atoms with Gasteiger partial charge in [0.1, 0.15) is 0 Å². The van der Waals surface area contributed by atoms with Crippen LogP contribution in [0, 0.1) is 5.92 Å². The number of aryl methyl sites for hydroxylation is 1. The van der Waals surface area contributed by atoms with Gasteiger partial charge < -0.3 is 4.74 Å². The summed E-state index contributed by atoms with van der Waals surface area (Å²) in [5, 5.41) is 0. The lowest BCUT2D eigenvalue weighted by Gasteiger charge is -2.14. The van der Waals surface area contributed by atoms with Gasteiger partial charge in [0.25, 0.3) is 15.9 Å². The number of nitrogens with one attached hydrogen (secondary N) is 1. The molecule has 1 aromatic carbocycles. The van der Waals surface area contributed by atoms with Crippen LogP contribution in [0.25, 0.3) is 0 Å². The molecule has 0 bridgehead atoms. The van der Waals surface area contributed by atoms with E-state index in [1.54, 1.807) is 12.1 Å². The molecule has 0 atom stereocenters. The monoisotopic (exact) mass is 361 g/mol. The molecule has 0 radical (unpaired) electrons. The van der Waals surface area contributed by atoms with Crippen molar-refractivity contribution >= 4 is 15.8 Å². The average Bonchev–Trinajstić information content (AvgIpc) is 3.14. The lowest BCUT2D eigenvalue weighted by molar-refractivity contribution is 0.244. The third kappa shape index (κ3) is 4.48. The van der Waals surface area contributed by atoms with Crippen molar-refractivity contribution in [1.82, 2.24) is 9.97 Å². The van der Waals surface area contributed by atoms with E-state index in [0.717, 1.165) is 24.8 Å². The number of aromatic nitrogens is 2. The van der Waals surface area contributed by atoms with Crippen LogP contribution < -0.4 is 9.46 Å². The predicted molar refractivity (Wildman–Crippen MR) is 96.1 cm³/mol. The standard InChI is InChI=1S/C18H23N3O3S/c1-2-14-7-9-16(10-8-14)25(22,23)21-17-18(20-12-11-19-17)24-13-15-5-3-4-6-15/h7-12,15H,2-6,13H2,1H3,(H,19,21). The largest absolute Gasteiger partial charge is 0.475 e. The Hall–Kier alpha value is -2.15. The molecular formula is C18H23N3O3S. The number of benzene rings is 1. The van der Waals surface area contributed by atoms with Gasteiger partial charge in [-0.1, -0.05) is 31.9 Å². The van der Waals surface area contributed by atoms with Crippen LogP contribution in [0.3, 0.4) is 0 Å². The topological polar surface area (TPSA) is 81.2 Å². The number of rotatable bonds is 7. The molecule has 6 nitrogen and oxygen atoms in total. The Morgan fingerprint density at radius 3 is 2.48 bits per heavy atom. The molecule has 3 rings (SSSR count). The molecule has 134 valence electrons. The Balaban J connectivity index is 1.74. The Morgan fingerprint density at radius 2 is 1.80 bits per heavy atom. The second-order valence-electron chi connectivity index (χ2n) is 6.27. The zero-order valence-corrected chi connectivity index (χ0v) is 15.1. The number of hydrogen-bond donors (Lipinski definition) is 1. The maximum atomic E-state index is 12.6. The van der Waals surface area contributed by atoms with E-state index in [-0.39, 0.29) is 16.6 Å². The summed E-state index contributed by atoms with van der Waals surface area (Å²) in [6, 6.07) is 6.80. The van der Waals surface area contributed by atoms with Gasteiger partial charge in [-0.15, -0.1) is 0 Å². The van der Waals surface area contributed by atoms with Gasteiger partial charge in [0, 0.05) is 12.4 Å². The van der Waals surface area contributed by atoms with Crippen LogP contribution >= 0.6 is 0 Å². The summed E-state index contributed by atoms with van der Waals surface area (Å²) in [6.07, 6.45) is 8.54. The molecule has 0 saturated heterocycles. The molecule has 0 amide bonds. The smallest absolute Gasteiger partial charge is 0.263 e. The Bertz CT molecular complexity index is 801. The van der Waals surface area contributed by atoms with Crippen molar-refractivity contribution in [3.05, 3.63) is 42.2 Å². The van der Waals surface area contributed by atoms with Gasteiger partial charge in [-0.25, -0.2) is 18.4 Å². The number of hydrogen-bond acceptors (Lipinski definition) is 5. The van der Waals surface area contributed by atoms with E-state index in [4.69, 9.17) is 4.74 Å². The highest BCUT2D eigenvalue weighted by atomic mass is 32.2. The molecule has 1 aliphatic carbocycles. The third-order valence-electron chi connectivity index (χ3n) is 4.47. The van der Waals surface area contributed by atoms with E-state index in [9.17, 15) is 8.42 Å². The lowest BCUT2D eigenvalue weighted by Crippen LogP contribution is -2.16. The first-order valence-electron chi connectivity index (χ1n) is 8.64. The predicted octanol–water partition coefficient (Wildman–Crippen LogP) is 3.41. The molecule has 25 heavy (non-hydrogen) atoms. The maximum Gasteiger partial charge on any atom is 0.263 e. The summed E-state index contributed by atoms with van der Waals surface area (Å²) in [4.78, 5) is 8.42. The zero-order valence-electron chi connectivity index (χ0n) is 14.3. The number of ether oxygens (including phenoxy) is 1. The van der Waals surface area contributed by atoms with Crippen molar-refractivity contribution in [1.29, 1.82) is 0 Å². The third-order valence-corrected chi connectivity index (χ3v) is 5.82. The van der Waals surface area contributed by atoms with Crippen molar-refractivity contribution in [3.8, 4) is 5.88 Å². The second kappa shape index (κ2) is 7.82. The SMILES string of the molecule is CCc1ccc(S(=O)(=O)Nc2nccnc2OCC2CCCC2)cc1. The minimum absolute atomic E-state index is 0.125. The van der Waals surface area contributed by atoms with Crippen molar-refractivity contribution < 1.29 is 13.2 Å². The first-order valence-corrected chi connectivity index (χ1v) is 10.1.